The van der Waals surface area contributed by atoms with E-state index in [-0.39, 0.29) is 5.54 Å². The average molecular weight is 290 g/mol. The van der Waals surface area contributed by atoms with Crippen LogP contribution >= 0.6 is 0 Å². The van der Waals surface area contributed by atoms with Gasteiger partial charge in [-0.25, -0.2) is 0 Å². The van der Waals surface area contributed by atoms with Gasteiger partial charge in [0.1, 0.15) is 16.4 Å². The molecule has 0 aliphatic heterocycles. The van der Waals surface area contributed by atoms with Gasteiger partial charge < -0.3 is 17.3 Å². The van der Waals surface area contributed by atoms with E-state index in [2.05, 4.69) is 31.2 Å². The third-order valence-electron chi connectivity index (χ3n) is 2.16. The van der Waals surface area contributed by atoms with E-state index < -0.39 is 7.25 Å². The molecule has 0 saturated carbocycles. The zero-order valence-electron chi connectivity index (χ0n) is 11.3. The molecule has 0 aliphatic carbocycles. The van der Waals surface area contributed by atoms with Crippen LogP contribution in [0.2, 0.25) is 0 Å². The summed E-state index contributed by atoms with van der Waals surface area (Å²) in [4.78, 5) is 0. The first-order valence-electron chi connectivity index (χ1n) is 5.85. The number of halogens is 4. The summed E-state index contributed by atoms with van der Waals surface area (Å²) in [6.45, 7) is 6.28. The third kappa shape index (κ3) is 5.81. The summed E-state index contributed by atoms with van der Waals surface area (Å²) in [5.41, 5.74) is 0.987. The van der Waals surface area contributed by atoms with Crippen molar-refractivity contribution in [2.75, 3.05) is 0 Å². The summed E-state index contributed by atoms with van der Waals surface area (Å²) in [6, 6.07) is 9.96. The lowest BCUT2D eigenvalue weighted by Crippen LogP contribution is -2.51. The van der Waals surface area contributed by atoms with Gasteiger partial charge in [-0.3, -0.25) is 0 Å². The van der Waals surface area contributed by atoms with E-state index in [0.717, 1.165) is 5.69 Å². The molecule has 0 radical (unpaired) electrons. The Hall–Kier alpha value is -1.93. The Morgan fingerprint density at radius 1 is 1.05 bits per heavy atom. The topological polar surface area (TPSA) is 34.6 Å². The van der Waals surface area contributed by atoms with Gasteiger partial charge in [0, 0.05) is 0 Å². The van der Waals surface area contributed by atoms with Crippen LogP contribution in [0.25, 0.3) is 5.69 Å². The number of hydrogen-bond donors (Lipinski definition) is 0. The van der Waals surface area contributed by atoms with Crippen molar-refractivity contribution in [2.24, 2.45) is 0 Å². The quantitative estimate of drug-likeness (QED) is 0.459. The van der Waals surface area contributed by atoms with Gasteiger partial charge in [-0.2, -0.15) is 0 Å². The maximum atomic E-state index is 9.75. The SMILES string of the molecule is CC(C)(C)[n+]1cn(-c2ccccc2)nn1.F[B-](F)(F)F. The highest BCUT2D eigenvalue weighted by molar-refractivity contribution is 6.50. The predicted octanol–water partition coefficient (Wildman–Crippen LogP) is 2.61. The van der Waals surface area contributed by atoms with Crippen molar-refractivity contribution in [2.45, 2.75) is 26.3 Å². The smallest absolute Gasteiger partial charge is 0.418 e. The average Bonchev–Trinajstić information content (AvgIpc) is 2.76. The summed E-state index contributed by atoms with van der Waals surface area (Å²) in [5, 5.41) is 8.18. The molecule has 1 aromatic heterocycles. The second-order valence-corrected chi connectivity index (χ2v) is 4.98. The minimum Gasteiger partial charge on any atom is -0.418 e. The number of nitrogens with zero attached hydrogens (tertiary/aromatic N) is 4. The van der Waals surface area contributed by atoms with Crippen LogP contribution in [0.1, 0.15) is 20.8 Å². The summed E-state index contributed by atoms with van der Waals surface area (Å²) >= 11 is 0. The molecule has 0 atom stereocenters. The Morgan fingerprint density at radius 2 is 1.55 bits per heavy atom. The van der Waals surface area contributed by atoms with Gasteiger partial charge in [0.05, 0.1) is 0 Å². The van der Waals surface area contributed by atoms with Gasteiger partial charge in [0.2, 0.25) is 0 Å². The summed E-state index contributed by atoms with van der Waals surface area (Å²) in [7, 11) is -6.00. The molecule has 0 N–H and O–H groups in total. The second kappa shape index (κ2) is 6.02. The monoisotopic (exact) mass is 290 g/mol. The van der Waals surface area contributed by atoms with E-state index in [9.17, 15) is 17.3 Å². The number of hydrogen-bond acceptors (Lipinski definition) is 2. The highest BCUT2D eigenvalue weighted by Gasteiger charge is 2.22. The lowest BCUT2D eigenvalue weighted by atomic mass is 10.1. The van der Waals surface area contributed by atoms with Gasteiger partial charge in [0.15, 0.2) is 5.21 Å². The largest absolute Gasteiger partial charge is 0.673 e. The van der Waals surface area contributed by atoms with Gasteiger partial charge in [-0.05, 0) is 32.9 Å². The third-order valence-corrected chi connectivity index (χ3v) is 2.16. The molecule has 2 aromatic rings. The molecule has 0 amide bonds. The number of benzene rings is 1. The minimum absolute atomic E-state index is 0.0347. The zero-order valence-corrected chi connectivity index (χ0v) is 11.3. The molecule has 0 bridgehead atoms. The van der Waals surface area contributed by atoms with Crippen LogP contribution in [0, 0.1) is 0 Å². The van der Waals surface area contributed by atoms with Crippen molar-refractivity contribution in [3.05, 3.63) is 36.7 Å². The highest BCUT2D eigenvalue weighted by Crippen LogP contribution is 2.06. The molecule has 1 aromatic carbocycles. The molecule has 0 aliphatic rings. The molecule has 0 saturated heterocycles. The number of para-hydroxylation sites is 1. The summed E-state index contributed by atoms with van der Waals surface area (Å²) < 4.78 is 42.6. The Bertz CT molecular complexity index is 527. The van der Waals surface area contributed by atoms with Crippen molar-refractivity contribution in [3.8, 4) is 5.69 Å². The van der Waals surface area contributed by atoms with E-state index in [1.165, 1.54) is 0 Å². The maximum absolute atomic E-state index is 9.75. The molecular weight excluding hydrogens is 275 g/mol. The fourth-order valence-corrected chi connectivity index (χ4v) is 1.24. The van der Waals surface area contributed by atoms with Crippen LogP contribution in [-0.4, -0.2) is 22.4 Å². The van der Waals surface area contributed by atoms with Crippen molar-refractivity contribution >= 4 is 7.25 Å². The van der Waals surface area contributed by atoms with Gasteiger partial charge >= 0.3 is 7.25 Å². The normalized spacial score (nSPS) is 11.8. The first kappa shape index (κ1) is 16.1. The maximum Gasteiger partial charge on any atom is 0.673 e. The van der Waals surface area contributed by atoms with Crippen LogP contribution in [0.5, 0.6) is 0 Å². The lowest BCUT2D eigenvalue weighted by Gasteiger charge is -2.10. The molecule has 0 spiro atoms. The van der Waals surface area contributed by atoms with E-state index in [1.807, 2.05) is 41.3 Å². The fourth-order valence-electron chi connectivity index (χ4n) is 1.24. The van der Waals surface area contributed by atoms with Crippen molar-refractivity contribution < 1.29 is 21.9 Å². The number of rotatable bonds is 1. The minimum atomic E-state index is -6.00. The number of tetrazole rings is 1. The first-order valence-corrected chi connectivity index (χ1v) is 5.85. The molecule has 4 nitrogen and oxygen atoms in total. The Morgan fingerprint density at radius 3 is 1.95 bits per heavy atom. The Kier molecular flexibility index (Phi) is 4.85. The Labute approximate surface area is 114 Å². The van der Waals surface area contributed by atoms with Crippen molar-refractivity contribution in [3.63, 3.8) is 0 Å². The van der Waals surface area contributed by atoms with Crippen LogP contribution in [0.3, 0.4) is 0 Å². The van der Waals surface area contributed by atoms with Crippen molar-refractivity contribution in [1.29, 1.82) is 0 Å². The van der Waals surface area contributed by atoms with E-state index >= 15 is 0 Å². The van der Waals surface area contributed by atoms with Crippen LogP contribution in [0.4, 0.5) is 17.3 Å². The first-order chi connectivity index (χ1) is 9.07. The van der Waals surface area contributed by atoms with E-state index in [4.69, 9.17) is 0 Å². The van der Waals surface area contributed by atoms with E-state index in [1.54, 1.807) is 4.68 Å². The molecule has 0 fully saturated rings. The Balaban J connectivity index is 0.000000347. The highest BCUT2D eigenvalue weighted by atomic mass is 19.5. The summed E-state index contributed by atoms with van der Waals surface area (Å²) in [5.74, 6) is 0. The molecular formula is C11H15BF4N4. The molecule has 110 valence electrons. The fraction of sp³-hybridized carbons (Fsp3) is 0.364. The molecule has 0 unspecified atom stereocenters. The summed E-state index contributed by atoms with van der Waals surface area (Å²) in [6.07, 6.45) is 1.90. The van der Waals surface area contributed by atoms with E-state index in [0.29, 0.717) is 0 Å². The lowest BCUT2D eigenvalue weighted by molar-refractivity contribution is -0.806. The number of aromatic nitrogens is 4. The molecule has 2 rings (SSSR count). The standard InChI is InChI=1S/C11H15N4.BF4/c1-11(2,3)15-9-14(12-13-15)10-7-5-4-6-8-10;2-1(3,4)5/h4-9H,1-3H3;/q+1;-1. The van der Waals surface area contributed by atoms with Crippen LogP contribution < -0.4 is 4.68 Å². The molecule has 1 heterocycles. The predicted molar refractivity (Wildman–Crippen MR) is 66.7 cm³/mol. The van der Waals surface area contributed by atoms with Crippen LogP contribution in [0.15, 0.2) is 36.7 Å². The van der Waals surface area contributed by atoms with Gasteiger partial charge in [-0.1, -0.05) is 22.9 Å². The molecule has 9 heteroatoms. The van der Waals surface area contributed by atoms with Crippen molar-refractivity contribution in [1.82, 2.24) is 15.1 Å². The van der Waals surface area contributed by atoms with Gasteiger partial charge in [0.25, 0.3) is 6.33 Å². The second-order valence-electron chi connectivity index (χ2n) is 4.98. The zero-order chi connectivity index (χ0) is 15.4. The molecule has 20 heavy (non-hydrogen) atoms. The van der Waals surface area contributed by atoms with Crippen LogP contribution in [-0.2, 0) is 5.54 Å². The van der Waals surface area contributed by atoms with Gasteiger partial charge in [-0.15, -0.1) is 4.68 Å².